The fraction of sp³-hybridized carbons (Fsp3) is 0.143. The number of hydrogen-bond donors (Lipinski definition) is 1. The highest BCUT2D eigenvalue weighted by atomic mass is 35.5. The van der Waals surface area contributed by atoms with Gasteiger partial charge in [-0.3, -0.25) is 4.99 Å². The molecule has 0 radical (unpaired) electrons. The number of nitrogens with one attached hydrogen (secondary N) is 1. The van der Waals surface area contributed by atoms with Crippen molar-refractivity contribution in [3.8, 4) is 0 Å². The Labute approximate surface area is 114 Å². The van der Waals surface area contributed by atoms with Crippen molar-refractivity contribution in [3.05, 3.63) is 51.5 Å². The van der Waals surface area contributed by atoms with E-state index in [1.54, 1.807) is 6.08 Å². The maximum atomic E-state index is 11.7. The number of alkyl halides is 1. The lowest BCUT2D eigenvalue weighted by Gasteiger charge is -2.00. The van der Waals surface area contributed by atoms with Crippen molar-refractivity contribution in [2.24, 2.45) is 4.99 Å². The molecule has 1 N–H and O–H groups in total. The van der Waals surface area contributed by atoms with E-state index in [1.807, 2.05) is 31.2 Å². The molecule has 0 atom stereocenters. The molecule has 1 aliphatic heterocycles. The van der Waals surface area contributed by atoms with Crippen molar-refractivity contribution in [1.29, 1.82) is 0 Å². The van der Waals surface area contributed by atoms with Gasteiger partial charge >= 0.3 is 5.63 Å². The maximum Gasteiger partial charge on any atom is 0.364 e. The highest BCUT2D eigenvalue weighted by Gasteiger charge is 2.19. The molecule has 0 saturated heterocycles. The molecule has 2 aromatic rings. The topological polar surface area (TPSA) is 58.4 Å². The van der Waals surface area contributed by atoms with Crippen molar-refractivity contribution in [2.75, 3.05) is 0 Å². The molecule has 4 nitrogen and oxygen atoms in total. The lowest BCUT2D eigenvalue weighted by atomic mass is 10.0. The summed E-state index contributed by atoms with van der Waals surface area (Å²) in [6, 6.07) is 7.81. The summed E-state index contributed by atoms with van der Waals surface area (Å²) in [6.45, 7) is 1.92. The standard InChI is InChI=1S/C14H11ClN2O2/c1-8-10(9-4-2-3-5-12(9)16-8)6-11-13(7-15)17-19-14(11)18/h2-6,17H,7H2,1H3/b10-6+. The van der Waals surface area contributed by atoms with Gasteiger partial charge in [0.2, 0.25) is 0 Å². The normalized spacial score (nSPS) is 15.7. The molecule has 19 heavy (non-hydrogen) atoms. The van der Waals surface area contributed by atoms with Crippen molar-refractivity contribution in [3.63, 3.8) is 0 Å². The molecular formula is C14H11ClN2O2. The Hall–Kier alpha value is -2.07. The zero-order valence-electron chi connectivity index (χ0n) is 10.2. The van der Waals surface area contributed by atoms with Crippen LogP contribution in [0.25, 0.3) is 11.6 Å². The summed E-state index contributed by atoms with van der Waals surface area (Å²) in [5.74, 6) is 0.197. The summed E-state index contributed by atoms with van der Waals surface area (Å²) >= 11 is 5.78. The fourth-order valence-electron chi connectivity index (χ4n) is 2.15. The first kappa shape index (κ1) is 12.0. The monoisotopic (exact) mass is 274 g/mol. The zero-order chi connectivity index (χ0) is 13.4. The molecule has 0 bridgehead atoms. The molecule has 2 heterocycles. The fourth-order valence-corrected chi connectivity index (χ4v) is 2.35. The van der Waals surface area contributed by atoms with Crippen LogP contribution in [0.2, 0.25) is 0 Å². The molecule has 3 rings (SSSR count). The van der Waals surface area contributed by atoms with E-state index in [-0.39, 0.29) is 5.88 Å². The van der Waals surface area contributed by atoms with Crippen LogP contribution in [0.15, 0.2) is 38.6 Å². The van der Waals surface area contributed by atoms with Crippen LogP contribution in [0.4, 0.5) is 5.69 Å². The van der Waals surface area contributed by atoms with Gasteiger partial charge in [0, 0.05) is 16.8 Å². The van der Waals surface area contributed by atoms with Crippen LogP contribution in [0.5, 0.6) is 0 Å². The average Bonchev–Trinajstić information content (AvgIpc) is 2.92. The summed E-state index contributed by atoms with van der Waals surface area (Å²) < 4.78 is 4.77. The van der Waals surface area contributed by atoms with Gasteiger partial charge in [-0.25, -0.2) is 9.95 Å². The van der Waals surface area contributed by atoms with Crippen LogP contribution in [0, 0.1) is 0 Å². The minimum atomic E-state index is -0.416. The number of fused-ring (bicyclic) bond motifs is 1. The van der Waals surface area contributed by atoms with E-state index in [4.69, 9.17) is 16.1 Å². The SMILES string of the molecule is CC1=Nc2ccccc2/C1=C/c1c(CCl)[nH]oc1=O. The Kier molecular flexibility index (Phi) is 2.87. The number of nitrogens with zero attached hydrogens (tertiary/aromatic N) is 1. The van der Waals surface area contributed by atoms with E-state index in [9.17, 15) is 4.79 Å². The predicted octanol–water partition coefficient (Wildman–Crippen LogP) is 3.35. The largest absolute Gasteiger partial charge is 0.364 e. The molecule has 0 amide bonds. The number of hydrogen-bond acceptors (Lipinski definition) is 3. The molecule has 0 unspecified atom stereocenters. The zero-order valence-corrected chi connectivity index (χ0v) is 11.0. The Morgan fingerprint density at radius 1 is 1.42 bits per heavy atom. The van der Waals surface area contributed by atoms with Crippen molar-refractivity contribution < 1.29 is 4.52 Å². The molecule has 0 aliphatic carbocycles. The van der Waals surface area contributed by atoms with E-state index >= 15 is 0 Å². The van der Waals surface area contributed by atoms with Gasteiger partial charge in [-0.05, 0) is 19.1 Å². The first-order valence-electron chi connectivity index (χ1n) is 5.84. The van der Waals surface area contributed by atoms with Gasteiger partial charge in [0.15, 0.2) is 0 Å². The van der Waals surface area contributed by atoms with Gasteiger partial charge in [-0.15, -0.1) is 11.6 Å². The third kappa shape index (κ3) is 1.94. The van der Waals surface area contributed by atoms with E-state index in [0.29, 0.717) is 11.3 Å². The van der Waals surface area contributed by atoms with Gasteiger partial charge in [0.25, 0.3) is 0 Å². The van der Waals surface area contributed by atoms with E-state index in [2.05, 4.69) is 10.1 Å². The first-order valence-corrected chi connectivity index (χ1v) is 6.37. The highest BCUT2D eigenvalue weighted by molar-refractivity contribution is 6.31. The van der Waals surface area contributed by atoms with Crippen molar-refractivity contribution in [2.45, 2.75) is 12.8 Å². The van der Waals surface area contributed by atoms with E-state index in [1.165, 1.54) is 0 Å². The summed E-state index contributed by atoms with van der Waals surface area (Å²) in [5, 5.41) is 2.53. The van der Waals surface area contributed by atoms with Crippen LogP contribution in [0.1, 0.15) is 23.7 Å². The second-order valence-electron chi connectivity index (χ2n) is 4.29. The molecule has 0 fully saturated rings. The van der Waals surface area contributed by atoms with Crippen molar-refractivity contribution in [1.82, 2.24) is 5.16 Å². The van der Waals surface area contributed by atoms with Crippen LogP contribution in [-0.4, -0.2) is 10.9 Å². The minimum Gasteiger partial charge on any atom is -0.338 e. The number of aromatic amines is 1. The maximum absolute atomic E-state index is 11.7. The molecule has 0 saturated carbocycles. The summed E-state index contributed by atoms with van der Waals surface area (Å²) in [6.07, 6.45) is 1.78. The highest BCUT2D eigenvalue weighted by Crippen LogP contribution is 2.35. The molecule has 1 aromatic carbocycles. The van der Waals surface area contributed by atoms with Crippen molar-refractivity contribution >= 4 is 34.6 Å². The number of para-hydroxylation sites is 1. The third-order valence-corrected chi connectivity index (χ3v) is 3.37. The minimum absolute atomic E-state index is 0.197. The molecule has 0 spiro atoms. The Morgan fingerprint density at radius 3 is 3.00 bits per heavy atom. The molecular weight excluding hydrogens is 264 g/mol. The van der Waals surface area contributed by atoms with E-state index < -0.39 is 5.63 Å². The van der Waals surface area contributed by atoms with Crippen LogP contribution < -0.4 is 5.63 Å². The third-order valence-electron chi connectivity index (χ3n) is 3.11. The second-order valence-corrected chi connectivity index (χ2v) is 4.56. The average molecular weight is 275 g/mol. The predicted molar refractivity (Wildman–Crippen MR) is 76.0 cm³/mol. The van der Waals surface area contributed by atoms with Gasteiger partial charge in [-0.2, -0.15) is 0 Å². The number of allylic oxidation sites excluding steroid dienone is 1. The smallest absolute Gasteiger partial charge is 0.338 e. The summed E-state index contributed by atoms with van der Waals surface area (Å²) in [4.78, 5) is 16.1. The van der Waals surface area contributed by atoms with Crippen LogP contribution >= 0.6 is 11.6 Å². The number of H-pyrrole nitrogens is 1. The summed E-state index contributed by atoms with van der Waals surface area (Å²) in [7, 11) is 0. The molecule has 96 valence electrons. The number of benzene rings is 1. The Bertz CT molecular complexity index is 753. The second kappa shape index (κ2) is 4.55. The molecule has 1 aliphatic rings. The Morgan fingerprint density at radius 2 is 2.21 bits per heavy atom. The number of rotatable bonds is 2. The van der Waals surface area contributed by atoms with Gasteiger partial charge in [-0.1, -0.05) is 18.2 Å². The van der Waals surface area contributed by atoms with Gasteiger partial charge in [0.05, 0.1) is 22.8 Å². The van der Waals surface area contributed by atoms with Crippen LogP contribution in [0.3, 0.4) is 0 Å². The van der Waals surface area contributed by atoms with Gasteiger partial charge in [0.1, 0.15) is 0 Å². The molecule has 1 aromatic heterocycles. The van der Waals surface area contributed by atoms with E-state index in [0.717, 1.165) is 22.5 Å². The number of aromatic nitrogens is 1. The molecule has 5 heteroatoms. The first-order chi connectivity index (χ1) is 9.20. The lowest BCUT2D eigenvalue weighted by molar-refractivity contribution is 0.386. The summed E-state index contributed by atoms with van der Waals surface area (Å²) in [5.41, 5.74) is 4.35. The number of aliphatic imine (C=N–C) groups is 1. The Balaban J connectivity index is 2.17. The quantitative estimate of drug-likeness (QED) is 0.854. The van der Waals surface area contributed by atoms with Crippen LogP contribution in [-0.2, 0) is 5.88 Å². The van der Waals surface area contributed by atoms with Gasteiger partial charge < -0.3 is 4.52 Å². The number of halogens is 1. The lowest BCUT2D eigenvalue weighted by Crippen LogP contribution is -2.00.